The molecule has 12 nitrogen and oxygen atoms in total. The molecule has 0 fully saturated rings. The largest absolute Gasteiger partial charge is 0.497 e. The van der Waals surface area contributed by atoms with E-state index in [0.29, 0.717) is 39.6 Å². The number of pyridine rings is 1. The van der Waals surface area contributed by atoms with Crippen molar-refractivity contribution in [3.8, 4) is 5.75 Å². The van der Waals surface area contributed by atoms with Crippen molar-refractivity contribution in [2.24, 2.45) is 5.92 Å². The lowest BCUT2D eigenvalue weighted by Crippen LogP contribution is -2.48. The number of fused-ring (bicyclic) bond motifs is 2. The normalized spacial score (nSPS) is 14.8. The highest BCUT2D eigenvalue weighted by Gasteiger charge is 2.43. The minimum absolute atomic E-state index is 0.177. The molecule has 0 N–H and O–H groups in total. The number of para-hydroxylation sites is 3. The number of hydrogen-bond acceptors (Lipinski definition) is 8. The van der Waals surface area contributed by atoms with E-state index in [1.807, 2.05) is 32.0 Å². The SMILES string of the molecule is COc1ccc(N(C(=O)CN2C(=O)C(Cc3nn(C(=O)OC(C)(C)C)c4ncccc34)C(=O)N(c3ccccc3)c3ccccc32)C(C)C)cc1. The number of amides is 3. The predicted molar refractivity (Wildman–Crippen MR) is 194 cm³/mol. The lowest BCUT2D eigenvalue weighted by molar-refractivity contribution is -0.132. The van der Waals surface area contributed by atoms with E-state index in [9.17, 15) is 19.2 Å². The fourth-order valence-corrected chi connectivity index (χ4v) is 6.22. The van der Waals surface area contributed by atoms with Crippen LogP contribution in [0.3, 0.4) is 0 Å². The molecule has 6 rings (SSSR count). The van der Waals surface area contributed by atoms with Gasteiger partial charge in [-0.05, 0) is 95.3 Å². The third-order valence-electron chi connectivity index (χ3n) is 8.42. The number of methoxy groups -OCH3 is 1. The summed E-state index contributed by atoms with van der Waals surface area (Å²) < 4.78 is 12.0. The van der Waals surface area contributed by atoms with Gasteiger partial charge in [-0.3, -0.25) is 19.3 Å². The van der Waals surface area contributed by atoms with Gasteiger partial charge in [0.05, 0.1) is 24.2 Å². The Hall–Kier alpha value is -6.04. The summed E-state index contributed by atoms with van der Waals surface area (Å²) in [7, 11) is 1.57. The van der Waals surface area contributed by atoms with Gasteiger partial charge in [-0.2, -0.15) is 5.10 Å². The Bertz CT molecular complexity index is 2090. The topological polar surface area (TPSA) is 127 Å². The van der Waals surface area contributed by atoms with E-state index < -0.39 is 29.4 Å². The van der Waals surface area contributed by atoms with Gasteiger partial charge in [-0.1, -0.05) is 30.3 Å². The molecule has 0 aliphatic carbocycles. The van der Waals surface area contributed by atoms with Crippen LogP contribution < -0.4 is 19.4 Å². The maximum atomic E-state index is 14.9. The average Bonchev–Trinajstić information content (AvgIpc) is 3.45. The smallest absolute Gasteiger partial charge is 0.437 e. The molecular formula is C39H40N6O6. The Morgan fingerprint density at radius 3 is 2.18 bits per heavy atom. The van der Waals surface area contributed by atoms with E-state index in [1.54, 1.807) is 106 Å². The summed E-state index contributed by atoms with van der Waals surface area (Å²) in [5, 5.41) is 5.05. The molecule has 51 heavy (non-hydrogen) atoms. The lowest BCUT2D eigenvalue weighted by atomic mass is 9.98. The summed E-state index contributed by atoms with van der Waals surface area (Å²) in [5.41, 5.74) is 1.77. The summed E-state index contributed by atoms with van der Waals surface area (Å²) in [5.74, 6) is -2.12. The number of anilines is 4. The first-order valence-electron chi connectivity index (χ1n) is 16.7. The van der Waals surface area contributed by atoms with Gasteiger partial charge in [0.25, 0.3) is 0 Å². The molecule has 1 unspecified atom stereocenters. The number of rotatable bonds is 8. The van der Waals surface area contributed by atoms with Gasteiger partial charge >= 0.3 is 6.09 Å². The van der Waals surface area contributed by atoms with Crippen LogP contribution in [-0.4, -0.2) is 63.9 Å². The molecule has 12 heteroatoms. The van der Waals surface area contributed by atoms with Crippen molar-refractivity contribution in [2.75, 3.05) is 28.4 Å². The van der Waals surface area contributed by atoms with Crippen LogP contribution in [0.25, 0.3) is 11.0 Å². The lowest BCUT2D eigenvalue weighted by Gasteiger charge is -2.31. The molecule has 3 aromatic carbocycles. The van der Waals surface area contributed by atoms with Gasteiger partial charge in [0.15, 0.2) is 5.65 Å². The third kappa shape index (κ3) is 7.03. The van der Waals surface area contributed by atoms with Crippen molar-refractivity contribution in [3.05, 3.63) is 103 Å². The van der Waals surface area contributed by atoms with E-state index in [-0.39, 0.29) is 30.6 Å². The molecule has 0 radical (unpaired) electrons. The minimum Gasteiger partial charge on any atom is -0.497 e. The predicted octanol–water partition coefficient (Wildman–Crippen LogP) is 6.53. The van der Waals surface area contributed by atoms with E-state index in [1.165, 1.54) is 16.0 Å². The van der Waals surface area contributed by atoms with Crippen LogP contribution in [0.2, 0.25) is 0 Å². The standard InChI is InChI=1S/C39H40N6O6/c1-25(2)43(27-18-20-28(50-6)21-19-27)34(46)24-42-32-16-10-11-17-33(32)44(26-13-8-7-9-14-26)37(48)30(36(42)47)23-31-29-15-12-22-40-35(29)45(41-31)38(49)51-39(3,4)5/h7-22,25,30H,23-24H2,1-6H3. The first kappa shape index (κ1) is 34.8. The van der Waals surface area contributed by atoms with Gasteiger partial charge < -0.3 is 19.3 Å². The third-order valence-corrected chi connectivity index (χ3v) is 8.42. The molecule has 1 aliphatic rings. The molecule has 0 saturated heterocycles. The second kappa shape index (κ2) is 14.1. The molecular weight excluding hydrogens is 648 g/mol. The van der Waals surface area contributed by atoms with Gasteiger partial charge in [-0.15, -0.1) is 4.68 Å². The first-order chi connectivity index (χ1) is 24.4. The second-order valence-electron chi connectivity index (χ2n) is 13.4. The Morgan fingerprint density at radius 2 is 1.53 bits per heavy atom. The number of carbonyl (C=O) groups is 4. The van der Waals surface area contributed by atoms with Crippen LogP contribution in [0.5, 0.6) is 5.75 Å². The number of carbonyl (C=O) groups excluding carboxylic acids is 4. The molecule has 0 bridgehead atoms. The average molecular weight is 689 g/mol. The number of ether oxygens (including phenoxy) is 2. The molecule has 3 heterocycles. The number of benzene rings is 3. The fourth-order valence-electron chi connectivity index (χ4n) is 6.22. The zero-order valence-corrected chi connectivity index (χ0v) is 29.4. The van der Waals surface area contributed by atoms with Crippen LogP contribution in [0.15, 0.2) is 97.2 Å². The highest BCUT2D eigenvalue weighted by atomic mass is 16.6. The monoisotopic (exact) mass is 688 g/mol. The van der Waals surface area contributed by atoms with Crippen LogP contribution in [0.1, 0.15) is 40.3 Å². The van der Waals surface area contributed by atoms with Crippen molar-refractivity contribution in [3.63, 3.8) is 0 Å². The van der Waals surface area contributed by atoms with Gasteiger partial charge in [-0.25, -0.2) is 9.78 Å². The van der Waals surface area contributed by atoms with Crippen LogP contribution >= 0.6 is 0 Å². The molecule has 3 amide bonds. The zero-order valence-electron chi connectivity index (χ0n) is 29.4. The number of hydrogen-bond donors (Lipinski definition) is 0. The molecule has 262 valence electrons. The molecule has 0 spiro atoms. The minimum atomic E-state index is -1.33. The summed E-state index contributed by atoms with van der Waals surface area (Å²) in [4.78, 5) is 66.0. The second-order valence-corrected chi connectivity index (χ2v) is 13.4. The first-order valence-corrected chi connectivity index (χ1v) is 16.7. The van der Waals surface area contributed by atoms with Crippen molar-refractivity contribution >= 4 is 57.6 Å². The van der Waals surface area contributed by atoms with E-state index >= 15 is 0 Å². The maximum Gasteiger partial charge on any atom is 0.437 e. The molecule has 0 saturated carbocycles. The Morgan fingerprint density at radius 1 is 0.863 bits per heavy atom. The Kier molecular flexibility index (Phi) is 9.60. The molecule has 1 atom stereocenters. The quantitative estimate of drug-likeness (QED) is 0.168. The molecule has 1 aliphatic heterocycles. The Balaban J connectivity index is 1.46. The summed E-state index contributed by atoms with van der Waals surface area (Å²) in [6, 6.07) is 26.4. The van der Waals surface area contributed by atoms with E-state index in [4.69, 9.17) is 9.47 Å². The maximum absolute atomic E-state index is 14.9. The highest BCUT2D eigenvalue weighted by molar-refractivity contribution is 6.21. The Labute approximate surface area is 296 Å². The van der Waals surface area contributed by atoms with Gasteiger partial charge in [0.1, 0.15) is 23.8 Å². The van der Waals surface area contributed by atoms with Crippen LogP contribution in [-0.2, 0) is 25.5 Å². The van der Waals surface area contributed by atoms with Crippen LogP contribution in [0, 0.1) is 5.92 Å². The summed E-state index contributed by atoms with van der Waals surface area (Å²) >= 11 is 0. The highest BCUT2D eigenvalue weighted by Crippen LogP contribution is 2.40. The summed E-state index contributed by atoms with van der Waals surface area (Å²) in [6.45, 7) is 8.67. The van der Waals surface area contributed by atoms with E-state index in [0.717, 1.165) is 4.68 Å². The van der Waals surface area contributed by atoms with Crippen molar-refractivity contribution < 1.29 is 28.7 Å². The van der Waals surface area contributed by atoms with Crippen molar-refractivity contribution in [1.82, 2.24) is 14.8 Å². The van der Waals surface area contributed by atoms with Crippen molar-refractivity contribution in [1.29, 1.82) is 0 Å². The van der Waals surface area contributed by atoms with E-state index in [2.05, 4.69) is 10.1 Å². The van der Waals surface area contributed by atoms with Gasteiger partial charge in [0, 0.05) is 35.4 Å². The molecule has 5 aromatic rings. The molecule has 2 aromatic heterocycles. The fraction of sp³-hybridized carbons (Fsp3) is 0.282. The zero-order chi connectivity index (χ0) is 36.4. The van der Waals surface area contributed by atoms with Gasteiger partial charge in [0.2, 0.25) is 17.7 Å². The summed E-state index contributed by atoms with van der Waals surface area (Å²) in [6.07, 6.45) is 0.610. The number of aromatic nitrogens is 3. The van der Waals surface area contributed by atoms with Crippen LogP contribution in [0.4, 0.5) is 27.5 Å². The van der Waals surface area contributed by atoms with Crippen molar-refractivity contribution in [2.45, 2.75) is 52.7 Å². The number of nitrogens with zero attached hydrogens (tertiary/aromatic N) is 6.